The van der Waals surface area contributed by atoms with Gasteiger partial charge in [0, 0.05) is 12.6 Å². The first-order valence-corrected chi connectivity index (χ1v) is 11.1. The molecule has 0 spiro atoms. The first-order valence-electron chi connectivity index (χ1n) is 11.1. The smallest absolute Gasteiger partial charge is 0.461 e. The summed E-state index contributed by atoms with van der Waals surface area (Å²) in [5, 5.41) is 11.7. The van der Waals surface area contributed by atoms with Crippen LogP contribution in [0.2, 0.25) is 0 Å². The standard InChI is InChI=1S/C23H22F12N2O3/c1-10(2)39-16-7-11(3-4-15(16)25)18(37-9-17(36)20(38,22(30,31)32)23(33,34)35)12-5-13(24)8-14(6-12)40-21(28,29)19(26)27/h3-8,10,17-19,37-38H,9,36H2,1-2H3. The lowest BCUT2D eigenvalue weighted by molar-refractivity contribution is -0.373. The fraction of sp³-hybridized carbons (Fsp3) is 0.478. The van der Waals surface area contributed by atoms with Crippen molar-refractivity contribution in [1.82, 2.24) is 5.32 Å². The van der Waals surface area contributed by atoms with Crippen molar-refractivity contribution in [3.8, 4) is 11.5 Å². The molecule has 0 heterocycles. The summed E-state index contributed by atoms with van der Waals surface area (Å²) < 4.78 is 169. The second-order valence-electron chi connectivity index (χ2n) is 8.75. The Balaban J connectivity index is 2.61. The van der Waals surface area contributed by atoms with Crippen molar-refractivity contribution in [3.05, 3.63) is 59.2 Å². The van der Waals surface area contributed by atoms with Crippen LogP contribution in [0.25, 0.3) is 0 Å². The highest BCUT2D eigenvalue weighted by molar-refractivity contribution is 5.41. The van der Waals surface area contributed by atoms with E-state index in [2.05, 4.69) is 10.1 Å². The van der Waals surface area contributed by atoms with Crippen LogP contribution >= 0.6 is 0 Å². The third-order valence-electron chi connectivity index (χ3n) is 5.33. The Morgan fingerprint density at radius 2 is 1.45 bits per heavy atom. The zero-order valence-electron chi connectivity index (χ0n) is 20.4. The highest BCUT2D eigenvalue weighted by atomic mass is 19.4. The third-order valence-corrected chi connectivity index (χ3v) is 5.33. The van der Waals surface area contributed by atoms with E-state index in [1.165, 1.54) is 13.8 Å². The number of nitrogens with one attached hydrogen (secondary N) is 1. The second kappa shape index (κ2) is 11.9. The minimum atomic E-state index is -6.31. The van der Waals surface area contributed by atoms with Crippen molar-refractivity contribution < 1.29 is 67.3 Å². The minimum Gasteiger partial charge on any atom is -0.488 e. The van der Waals surface area contributed by atoms with E-state index in [9.17, 15) is 57.8 Å². The molecule has 5 nitrogen and oxygen atoms in total. The summed E-state index contributed by atoms with van der Waals surface area (Å²) in [5.41, 5.74) is -1.11. The van der Waals surface area contributed by atoms with E-state index in [4.69, 9.17) is 10.5 Å². The maximum absolute atomic E-state index is 14.3. The number of halogens is 12. The highest BCUT2D eigenvalue weighted by Gasteiger charge is 2.73. The number of nitrogens with two attached hydrogens (primary N) is 1. The Hall–Kier alpha value is -2.92. The number of alkyl halides is 10. The molecule has 0 radical (unpaired) electrons. The molecule has 226 valence electrons. The van der Waals surface area contributed by atoms with Crippen molar-refractivity contribution in [2.45, 2.75) is 62.5 Å². The van der Waals surface area contributed by atoms with Gasteiger partial charge < -0.3 is 25.6 Å². The minimum absolute atomic E-state index is 0.232. The average Bonchev–Trinajstić information content (AvgIpc) is 2.77. The van der Waals surface area contributed by atoms with Gasteiger partial charge in [0.2, 0.25) is 0 Å². The summed E-state index contributed by atoms with van der Waals surface area (Å²) in [6.07, 6.45) is -22.7. The van der Waals surface area contributed by atoms with Crippen molar-refractivity contribution in [1.29, 1.82) is 0 Å². The normalized spacial score (nSPS) is 14.9. The first-order chi connectivity index (χ1) is 18.1. The van der Waals surface area contributed by atoms with Gasteiger partial charge in [-0.1, -0.05) is 6.07 Å². The summed E-state index contributed by atoms with van der Waals surface area (Å²) in [5.74, 6) is -4.02. The Morgan fingerprint density at radius 3 is 1.95 bits per heavy atom. The SMILES string of the molecule is CC(C)Oc1cc(C(NCC(N)C(O)(C(F)(F)F)C(F)(F)F)c2cc(F)cc(OC(F)(F)C(F)F)c2)ccc1F. The lowest BCUT2D eigenvalue weighted by Gasteiger charge is -2.37. The molecule has 0 aliphatic heterocycles. The zero-order valence-corrected chi connectivity index (χ0v) is 20.4. The molecule has 0 aliphatic rings. The number of hydrogen-bond acceptors (Lipinski definition) is 5. The van der Waals surface area contributed by atoms with E-state index in [0.29, 0.717) is 12.1 Å². The molecule has 2 aromatic carbocycles. The monoisotopic (exact) mass is 602 g/mol. The number of ether oxygens (including phenoxy) is 2. The van der Waals surface area contributed by atoms with Gasteiger partial charge in [0.1, 0.15) is 11.6 Å². The van der Waals surface area contributed by atoms with Gasteiger partial charge in [0.25, 0.3) is 5.60 Å². The Labute approximate surface area is 218 Å². The summed E-state index contributed by atoms with van der Waals surface area (Å²) in [4.78, 5) is 0. The molecule has 2 aromatic rings. The van der Waals surface area contributed by atoms with Crippen molar-refractivity contribution in [2.24, 2.45) is 5.73 Å². The van der Waals surface area contributed by atoms with Gasteiger partial charge in [-0.2, -0.15) is 43.9 Å². The fourth-order valence-electron chi connectivity index (χ4n) is 3.46. The van der Waals surface area contributed by atoms with Crippen LogP contribution in [0.3, 0.4) is 0 Å². The van der Waals surface area contributed by atoms with Gasteiger partial charge in [-0.25, -0.2) is 8.78 Å². The van der Waals surface area contributed by atoms with E-state index in [-0.39, 0.29) is 11.6 Å². The number of benzene rings is 2. The Morgan fingerprint density at radius 1 is 0.875 bits per heavy atom. The molecule has 17 heteroatoms. The first kappa shape index (κ1) is 33.3. The Kier molecular flexibility index (Phi) is 9.90. The van der Waals surface area contributed by atoms with Crippen LogP contribution in [0.5, 0.6) is 11.5 Å². The molecule has 0 aromatic heterocycles. The molecule has 0 bridgehead atoms. The predicted molar refractivity (Wildman–Crippen MR) is 115 cm³/mol. The summed E-state index contributed by atoms with van der Waals surface area (Å²) in [7, 11) is 0. The molecule has 0 aliphatic carbocycles. The number of aliphatic hydroxyl groups is 1. The third kappa shape index (κ3) is 7.42. The molecule has 4 N–H and O–H groups in total. The van der Waals surface area contributed by atoms with Crippen LogP contribution < -0.4 is 20.5 Å². The maximum Gasteiger partial charge on any atom is 0.461 e. The van der Waals surface area contributed by atoms with Crippen LogP contribution in [0.15, 0.2) is 36.4 Å². The summed E-state index contributed by atoms with van der Waals surface area (Å²) in [6, 6.07) is -0.934. The lowest BCUT2D eigenvalue weighted by atomic mass is 9.91. The van der Waals surface area contributed by atoms with Gasteiger partial charge in [-0.15, -0.1) is 0 Å². The van der Waals surface area contributed by atoms with E-state index in [1.54, 1.807) is 0 Å². The van der Waals surface area contributed by atoms with Gasteiger partial charge in [0.05, 0.1) is 18.2 Å². The van der Waals surface area contributed by atoms with E-state index >= 15 is 0 Å². The molecule has 2 atom stereocenters. The number of rotatable bonds is 11. The van der Waals surface area contributed by atoms with Crippen molar-refractivity contribution in [2.75, 3.05) is 6.54 Å². The Bertz CT molecular complexity index is 1140. The molecule has 2 rings (SSSR count). The highest BCUT2D eigenvalue weighted by Crippen LogP contribution is 2.45. The topological polar surface area (TPSA) is 76.7 Å². The molecule has 0 fully saturated rings. The van der Waals surface area contributed by atoms with Crippen LogP contribution in [0, 0.1) is 11.6 Å². The molecule has 0 amide bonds. The molecule has 0 saturated heterocycles. The van der Waals surface area contributed by atoms with E-state index in [0.717, 1.165) is 18.2 Å². The predicted octanol–water partition coefficient (Wildman–Crippen LogP) is 5.85. The van der Waals surface area contributed by atoms with Gasteiger partial charge in [-0.3, -0.25) is 0 Å². The van der Waals surface area contributed by atoms with Crippen molar-refractivity contribution >= 4 is 0 Å². The average molecular weight is 602 g/mol. The molecule has 40 heavy (non-hydrogen) atoms. The number of hydrogen-bond donors (Lipinski definition) is 3. The fourth-order valence-corrected chi connectivity index (χ4v) is 3.46. The van der Waals surface area contributed by atoms with Crippen molar-refractivity contribution in [3.63, 3.8) is 0 Å². The maximum atomic E-state index is 14.3. The summed E-state index contributed by atoms with van der Waals surface area (Å²) in [6.45, 7) is 1.46. The van der Waals surface area contributed by atoms with E-state index in [1.807, 2.05) is 0 Å². The van der Waals surface area contributed by atoms with Gasteiger partial charge in [0.15, 0.2) is 11.6 Å². The lowest BCUT2D eigenvalue weighted by Crippen LogP contribution is -2.69. The van der Waals surface area contributed by atoms with Gasteiger partial charge >= 0.3 is 24.9 Å². The van der Waals surface area contributed by atoms with Gasteiger partial charge in [-0.05, 0) is 49.2 Å². The molecule has 2 unspecified atom stereocenters. The molecular formula is C23H22F12N2O3. The zero-order chi connectivity index (χ0) is 30.8. The van der Waals surface area contributed by atoms with Crippen LogP contribution in [0.4, 0.5) is 52.7 Å². The largest absolute Gasteiger partial charge is 0.488 e. The van der Waals surface area contributed by atoms with Crippen LogP contribution in [-0.2, 0) is 0 Å². The molecule has 0 saturated carbocycles. The summed E-state index contributed by atoms with van der Waals surface area (Å²) >= 11 is 0. The van der Waals surface area contributed by atoms with Crippen LogP contribution in [-0.4, -0.2) is 54.3 Å². The second-order valence-corrected chi connectivity index (χ2v) is 8.75. The van der Waals surface area contributed by atoms with Crippen LogP contribution in [0.1, 0.15) is 31.0 Å². The van der Waals surface area contributed by atoms with E-state index < -0.39 is 83.9 Å². The molecular weight excluding hydrogens is 580 g/mol. The quantitative estimate of drug-likeness (QED) is 0.282.